The minimum atomic E-state index is -0.0595. The van der Waals surface area contributed by atoms with Crippen LogP contribution in [0.3, 0.4) is 0 Å². The SMILES string of the molecule is Cc1ccc(Sc2ccc(NCc3cc(=O)n4cc(C)ccc4n3)cc2)c(C)c1. The highest BCUT2D eigenvalue weighted by molar-refractivity contribution is 7.99. The number of benzene rings is 2. The van der Waals surface area contributed by atoms with Gasteiger partial charge in [0.1, 0.15) is 5.65 Å². The molecule has 29 heavy (non-hydrogen) atoms. The van der Waals surface area contributed by atoms with E-state index in [0.29, 0.717) is 12.2 Å². The molecule has 0 atom stereocenters. The summed E-state index contributed by atoms with van der Waals surface area (Å²) in [6.07, 6.45) is 1.81. The molecule has 0 fully saturated rings. The van der Waals surface area contributed by atoms with E-state index in [4.69, 9.17) is 0 Å². The number of anilines is 1. The van der Waals surface area contributed by atoms with E-state index >= 15 is 0 Å². The largest absolute Gasteiger partial charge is 0.379 e. The first kappa shape index (κ1) is 19.3. The summed E-state index contributed by atoms with van der Waals surface area (Å²) >= 11 is 1.77. The highest BCUT2D eigenvalue weighted by atomic mass is 32.2. The van der Waals surface area contributed by atoms with Gasteiger partial charge in [0.15, 0.2) is 0 Å². The maximum atomic E-state index is 12.3. The smallest absolute Gasteiger partial charge is 0.258 e. The molecule has 4 nitrogen and oxygen atoms in total. The molecule has 0 amide bonds. The van der Waals surface area contributed by atoms with Crippen LogP contribution in [0, 0.1) is 20.8 Å². The first-order valence-electron chi connectivity index (χ1n) is 9.56. The summed E-state index contributed by atoms with van der Waals surface area (Å²) in [5, 5.41) is 3.35. The van der Waals surface area contributed by atoms with E-state index in [0.717, 1.165) is 16.9 Å². The molecule has 0 aliphatic heterocycles. The number of fused-ring (bicyclic) bond motifs is 1. The minimum absolute atomic E-state index is 0.0595. The first-order valence-corrected chi connectivity index (χ1v) is 10.4. The number of hydrogen-bond acceptors (Lipinski definition) is 4. The Hall–Kier alpha value is -3.05. The van der Waals surface area contributed by atoms with Gasteiger partial charge < -0.3 is 5.32 Å². The molecule has 0 spiro atoms. The number of hydrogen-bond donors (Lipinski definition) is 1. The second-order valence-corrected chi connectivity index (χ2v) is 8.38. The van der Waals surface area contributed by atoms with Crippen LogP contribution in [0.5, 0.6) is 0 Å². The second-order valence-electron chi connectivity index (χ2n) is 7.27. The van der Waals surface area contributed by atoms with Crippen molar-refractivity contribution in [2.75, 3.05) is 5.32 Å². The second kappa shape index (κ2) is 8.13. The molecule has 0 aliphatic rings. The van der Waals surface area contributed by atoms with Gasteiger partial charge in [0.05, 0.1) is 12.2 Å². The van der Waals surface area contributed by atoms with Crippen LogP contribution >= 0.6 is 11.8 Å². The fourth-order valence-electron chi connectivity index (χ4n) is 3.22. The Morgan fingerprint density at radius 3 is 2.45 bits per heavy atom. The fraction of sp³-hybridized carbons (Fsp3) is 0.167. The van der Waals surface area contributed by atoms with Crippen LogP contribution in [-0.2, 0) is 6.54 Å². The standard InChI is InChI=1S/C24H23N3OS/c1-16-4-10-22(18(3)12-16)29-21-8-6-19(7-9-21)25-14-20-13-24(28)27-15-17(2)5-11-23(27)26-20/h4-13,15,25H,14H2,1-3H3. The van der Waals surface area contributed by atoms with E-state index in [1.54, 1.807) is 22.2 Å². The molecular weight excluding hydrogens is 378 g/mol. The molecule has 0 aliphatic carbocycles. The first-order chi connectivity index (χ1) is 14.0. The number of pyridine rings is 1. The van der Waals surface area contributed by atoms with Gasteiger partial charge in [-0.2, -0.15) is 0 Å². The van der Waals surface area contributed by atoms with E-state index in [2.05, 4.69) is 66.6 Å². The van der Waals surface area contributed by atoms with Crippen molar-refractivity contribution in [2.24, 2.45) is 0 Å². The van der Waals surface area contributed by atoms with Gasteiger partial charge in [0.25, 0.3) is 5.56 Å². The number of aryl methyl sites for hydroxylation is 3. The molecule has 0 unspecified atom stereocenters. The maximum Gasteiger partial charge on any atom is 0.258 e. The molecular formula is C24H23N3OS. The summed E-state index contributed by atoms with van der Waals surface area (Å²) in [5.41, 5.74) is 5.94. The van der Waals surface area contributed by atoms with Crippen molar-refractivity contribution in [1.29, 1.82) is 0 Å². The van der Waals surface area contributed by atoms with Crippen LogP contribution in [-0.4, -0.2) is 9.38 Å². The summed E-state index contributed by atoms with van der Waals surface area (Å²) in [7, 11) is 0. The normalized spacial score (nSPS) is 11.0. The minimum Gasteiger partial charge on any atom is -0.379 e. The van der Waals surface area contributed by atoms with Crippen molar-refractivity contribution < 1.29 is 0 Å². The van der Waals surface area contributed by atoms with E-state index in [1.165, 1.54) is 20.9 Å². The number of aromatic nitrogens is 2. The molecule has 0 saturated heterocycles. The van der Waals surface area contributed by atoms with Crippen LogP contribution in [0.1, 0.15) is 22.4 Å². The van der Waals surface area contributed by atoms with Gasteiger partial charge in [0, 0.05) is 27.7 Å². The average Bonchev–Trinajstić information content (AvgIpc) is 2.70. The average molecular weight is 402 g/mol. The Bertz CT molecular complexity index is 1230. The molecule has 4 aromatic rings. The Morgan fingerprint density at radius 1 is 0.931 bits per heavy atom. The van der Waals surface area contributed by atoms with Gasteiger partial charge in [-0.1, -0.05) is 35.5 Å². The van der Waals surface area contributed by atoms with Gasteiger partial charge in [0.2, 0.25) is 0 Å². The van der Waals surface area contributed by atoms with Crippen LogP contribution < -0.4 is 10.9 Å². The van der Waals surface area contributed by atoms with Gasteiger partial charge in [-0.25, -0.2) is 4.98 Å². The Kier molecular flexibility index (Phi) is 5.41. The Labute approximate surface area is 174 Å². The highest BCUT2D eigenvalue weighted by Crippen LogP contribution is 2.31. The lowest BCUT2D eigenvalue weighted by atomic mass is 10.2. The molecule has 5 heteroatoms. The summed E-state index contributed by atoms with van der Waals surface area (Å²) in [6, 6.07) is 20.3. The van der Waals surface area contributed by atoms with E-state index in [1.807, 2.05) is 25.3 Å². The lowest BCUT2D eigenvalue weighted by molar-refractivity contribution is 0.965. The summed E-state index contributed by atoms with van der Waals surface area (Å²) in [4.78, 5) is 19.4. The zero-order chi connectivity index (χ0) is 20.4. The molecule has 1 N–H and O–H groups in total. The fourth-order valence-corrected chi connectivity index (χ4v) is 4.11. The quantitative estimate of drug-likeness (QED) is 0.487. The van der Waals surface area contributed by atoms with Crippen LogP contribution in [0.4, 0.5) is 5.69 Å². The summed E-state index contributed by atoms with van der Waals surface area (Å²) in [6.45, 7) is 6.72. The zero-order valence-electron chi connectivity index (χ0n) is 16.8. The number of nitrogens with one attached hydrogen (secondary N) is 1. The number of nitrogens with zero attached hydrogens (tertiary/aromatic N) is 2. The summed E-state index contributed by atoms with van der Waals surface area (Å²) in [5.74, 6) is 0. The van der Waals surface area contributed by atoms with Crippen molar-refractivity contribution in [1.82, 2.24) is 9.38 Å². The molecule has 0 radical (unpaired) electrons. The maximum absolute atomic E-state index is 12.3. The zero-order valence-corrected chi connectivity index (χ0v) is 17.6. The van der Waals surface area contributed by atoms with Gasteiger partial charge in [-0.15, -0.1) is 0 Å². The molecule has 0 bridgehead atoms. The third kappa shape index (κ3) is 4.51. The molecule has 4 rings (SSSR count). The lowest BCUT2D eigenvalue weighted by Gasteiger charge is -2.10. The predicted molar refractivity (Wildman–Crippen MR) is 120 cm³/mol. The van der Waals surface area contributed by atoms with Gasteiger partial charge in [-0.05, 0) is 68.3 Å². The molecule has 146 valence electrons. The number of rotatable bonds is 5. The van der Waals surface area contributed by atoms with Crippen LogP contribution in [0.25, 0.3) is 5.65 Å². The Balaban J connectivity index is 1.45. The van der Waals surface area contributed by atoms with Crippen LogP contribution in [0.2, 0.25) is 0 Å². The van der Waals surface area contributed by atoms with Crippen molar-refractivity contribution in [3.05, 3.63) is 99.6 Å². The monoisotopic (exact) mass is 401 g/mol. The predicted octanol–water partition coefficient (Wildman–Crippen LogP) is 5.38. The third-order valence-corrected chi connectivity index (χ3v) is 5.93. The third-order valence-electron chi connectivity index (χ3n) is 4.75. The van der Waals surface area contributed by atoms with Crippen molar-refractivity contribution in [3.63, 3.8) is 0 Å². The van der Waals surface area contributed by atoms with E-state index in [-0.39, 0.29) is 5.56 Å². The summed E-state index contributed by atoms with van der Waals surface area (Å²) < 4.78 is 1.58. The van der Waals surface area contributed by atoms with Crippen molar-refractivity contribution in [2.45, 2.75) is 37.1 Å². The van der Waals surface area contributed by atoms with Crippen LogP contribution in [0.15, 0.2) is 81.4 Å². The molecule has 2 aromatic carbocycles. The Morgan fingerprint density at radius 2 is 1.69 bits per heavy atom. The lowest BCUT2D eigenvalue weighted by Crippen LogP contribution is -2.17. The van der Waals surface area contributed by atoms with Crippen molar-refractivity contribution in [3.8, 4) is 0 Å². The molecule has 2 aromatic heterocycles. The van der Waals surface area contributed by atoms with E-state index < -0.39 is 0 Å². The van der Waals surface area contributed by atoms with Gasteiger partial charge in [-0.3, -0.25) is 9.20 Å². The highest BCUT2D eigenvalue weighted by Gasteiger charge is 2.04. The topological polar surface area (TPSA) is 46.4 Å². The molecule has 2 heterocycles. The molecule has 0 saturated carbocycles. The van der Waals surface area contributed by atoms with Crippen molar-refractivity contribution >= 4 is 23.1 Å². The van der Waals surface area contributed by atoms with E-state index in [9.17, 15) is 4.79 Å². The van der Waals surface area contributed by atoms with Gasteiger partial charge >= 0.3 is 0 Å².